The highest BCUT2D eigenvalue weighted by molar-refractivity contribution is 5.87. The van der Waals surface area contributed by atoms with Gasteiger partial charge in [-0.05, 0) is 37.5 Å². The van der Waals surface area contributed by atoms with Gasteiger partial charge in [0.25, 0.3) is 0 Å². The summed E-state index contributed by atoms with van der Waals surface area (Å²) in [6.45, 7) is 10.8. The molecule has 2 heterocycles. The molecule has 0 spiro atoms. The highest BCUT2D eigenvalue weighted by Crippen LogP contribution is 2.27. The Hall–Kier alpha value is -1.36. The molecular weight excluding hydrogens is 274 g/mol. The number of nitrogens with zero attached hydrogens (tertiary/aromatic N) is 2. The van der Waals surface area contributed by atoms with Gasteiger partial charge in [0.2, 0.25) is 0 Å². The number of hydrogen-bond donors (Lipinski definition) is 2. The predicted octanol–water partition coefficient (Wildman–Crippen LogP) is 1.70. The standard InChI is InChI=1S/C18H27N3O/c1-14-11-15(2)18-17(12-14)16(13-21(18)9-10-22)3-6-20-7-4-19-5-8-20/h11-13,19,22H,3-10H2,1-2H3. The fourth-order valence-electron chi connectivity index (χ4n) is 3.60. The molecule has 0 radical (unpaired) electrons. The van der Waals surface area contributed by atoms with E-state index in [9.17, 15) is 5.11 Å². The van der Waals surface area contributed by atoms with Crippen LogP contribution in [0.4, 0.5) is 0 Å². The van der Waals surface area contributed by atoms with Gasteiger partial charge in [0.1, 0.15) is 0 Å². The third kappa shape index (κ3) is 3.19. The summed E-state index contributed by atoms with van der Waals surface area (Å²) in [5.74, 6) is 0. The van der Waals surface area contributed by atoms with Crippen molar-refractivity contribution < 1.29 is 5.11 Å². The van der Waals surface area contributed by atoms with Crippen LogP contribution in [0, 0.1) is 13.8 Å². The summed E-state index contributed by atoms with van der Waals surface area (Å²) < 4.78 is 2.22. The number of nitrogens with one attached hydrogen (secondary N) is 1. The van der Waals surface area contributed by atoms with Crippen molar-refractivity contribution in [2.75, 3.05) is 39.3 Å². The minimum atomic E-state index is 0.189. The van der Waals surface area contributed by atoms with Crippen LogP contribution >= 0.6 is 0 Å². The van der Waals surface area contributed by atoms with Gasteiger partial charge in [-0.15, -0.1) is 0 Å². The highest BCUT2D eigenvalue weighted by atomic mass is 16.3. The Balaban J connectivity index is 1.87. The number of benzene rings is 1. The number of piperazine rings is 1. The molecule has 4 heteroatoms. The maximum atomic E-state index is 9.33. The minimum absolute atomic E-state index is 0.189. The number of fused-ring (bicyclic) bond motifs is 1. The Morgan fingerprint density at radius 3 is 2.64 bits per heavy atom. The molecular formula is C18H27N3O. The summed E-state index contributed by atoms with van der Waals surface area (Å²) in [4.78, 5) is 2.54. The molecule has 4 nitrogen and oxygen atoms in total. The Bertz CT molecular complexity index is 641. The van der Waals surface area contributed by atoms with E-state index < -0.39 is 0 Å². The predicted molar refractivity (Wildman–Crippen MR) is 91.5 cm³/mol. The Kier molecular flexibility index (Phi) is 4.81. The number of rotatable bonds is 5. The second kappa shape index (κ2) is 6.82. The van der Waals surface area contributed by atoms with Crippen LogP contribution in [0.2, 0.25) is 0 Å². The van der Waals surface area contributed by atoms with Gasteiger partial charge >= 0.3 is 0 Å². The van der Waals surface area contributed by atoms with Crippen molar-refractivity contribution in [1.29, 1.82) is 0 Å². The van der Waals surface area contributed by atoms with Gasteiger partial charge in [-0.3, -0.25) is 0 Å². The normalized spacial score (nSPS) is 16.5. The number of aryl methyl sites for hydroxylation is 2. The van der Waals surface area contributed by atoms with Crippen LogP contribution in [0.25, 0.3) is 10.9 Å². The van der Waals surface area contributed by atoms with Crippen molar-refractivity contribution in [3.05, 3.63) is 35.0 Å². The van der Waals surface area contributed by atoms with Gasteiger partial charge in [0, 0.05) is 50.9 Å². The zero-order valence-electron chi connectivity index (χ0n) is 13.7. The lowest BCUT2D eigenvalue weighted by Gasteiger charge is -2.26. The quantitative estimate of drug-likeness (QED) is 0.883. The molecule has 0 bridgehead atoms. The third-order valence-electron chi connectivity index (χ3n) is 4.64. The average Bonchev–Trinajstić information content (AvgIpc) is 2.84. The fraction of sp³-hybridized carbons (Fsp3) is 0.556. The first-order valence-electron chi connectivity index (χ1n) is 8.32. The number of aliphatic hydroxyl groups is 1. The maximum Gasteiger partial charge on any atom is 0.0610 e. The first-order valence-corrected chi connectivity index (χ1v) is 8.32. The SMILES string of the molecule is Cc1cc(C)c2c(c1)c(CCN1CCNCC1)cn2CCO. The van der Waals surface area contributed by atoms with Crippen molar-refractivity contribution in [3.63, 3.8) is 0 Å². The molecule has 3 rings (SSSR count). The molecule has 1 aromatic carbocycles. The zero-order valence-corrected chi connectivity index (χ0v) is 13.7. The average molecular weight is 301 g/mol. The highest BCUT2D eigenvalue weighted by Gasteiger charge is 2.14. The summed E-state index contributed by atoms with van der Waals surface area (Å²) in [5.41, 5.74) is 5.32. The van der Waals surface area contributed by atoms with Crippen LogP contribution in [0.15, 0.2) is 18.3 Å². The molecule has 22 heavy (non-hydrogen) atoms. The number of aliphatic hydroxyl groups excluding tert-OH is 1. The molecule has 1 saturated heterocycles. The molecule has 2 aromatic rings. The molecule has 1 aliphatic heterocycles. The molecule has 1 aliphatic rings. The van der Waals surface area contributed by atoms with E-state index in [4.69, 9.17) is 0 Å². The molecule has 120 valence electrons. The maximum absolute atomic E-state index is 9.33. The van der Waals surface area contributed by atoms with Crippen LogP contribution in [-0.2, 0) is 13.0 Å². The van der Waals surface area contributed by atoms with E-state index in [1.807, 2.05) is 0 Å². The Morgan fingerprint density at radius 2 is 1.91 bits per heavy atom. The van der Waals surface area contributed by atoms with Crippen molar-refractivity contribution >= 4 is 10.9 Å². The molecule has 1 fully saturated rings. The smallest absolute Gasteiger partial charge is 0.0610 e. The molecule has 1 aromatic heterocycles. The van der Waals surface area contributed by atoms with Gasteiger partial charge < -0.3 is 19.9 Å². The van der Waals surface area contributed by atoms with Gasteiger partial charge in [-0.1, -0.05) is 11.6 Å². The van der Waals surface area contributed by atoms with Crippen LogP contribution in [0.1, 0.15) is 16.7 Å². The van der Waals surface area contributed by atoms with Crippen LogP contribution in [-0.4, -0.2) is 53.9 Å². The summed E-state index contributed by atoms with van der Waals surface area (Å²) in [5, 5.41) is 14.1. The van der Waals surface area contributed by atoms with Gasteiger partial charge in [0.05, 0.1) is 12.1 Å². The second-order valence-corrected chi connectivity index (χ2v) is 6.39. The molecule has 2 N–H and O–H groups in total. The summed E-state index contributed by atoms with van der Waals surface area (Å²) in [6.07, 6.45) is 3.33. The van der Waals surface area contributed by atoms with E-state index in [1.165, 1.54) is 27.6 Å². The van der Waals surface area contributed by atoms with Crippen LogP contribution in [0.5, 0.6) is 0 Å². The van der Waals surface area contributed by atoms with Crippen LogP contribution in [0.3, 0.4) is 0 Å². The van der Waals surface area contributed by atoms with Crippen molar-refractivity contribution in [2.24, 2.45) is 0 Å². The van der Waals surface area contributed by atoms with Crippen molar-refractivity contribution in [1.82, 2.24) is 14.8 Å². The minimum Gasteiger partial charge on any atom is -0.395 e. The van der Waals surface area contributed by atoms with Gasteiger partial charge in [-0.2, -0.15) is 0 Å². The summed E-state index contributed by atoms with van der Waals surface area (Å²) >= 11 is 0. The zero-order chi connectivity index (χ0) is 15.5. The van der Waals surface area contributed by atoms with E-state index in [2.05, 4.69) is 47.0 Å². The lowest BCUT2D eigenvalue weighted by molar-refractivity contribution is 0.244. The largest absolute Gasteiger partial charge is 0.395 e. The van der Waals surface area contributed by atoms with E-state index >= 15 is 0 Å². The van der Waals surface area contributed by atoms with Gasteiger partial charge in [0.15, 0.2) is 0 Å². The Morgan fingerprint density at radius 1 is 1.14 bits per heavy atom. The second-order valence-electron chi connectivity index (χ2n) is 6.39. The Labute approximate surface area is 132 Å². The summed E-state index contributed by atoms with van der Waals surface area (Å²) in [7, 11) is 0. The molecule has 0 unspecified atom stereocenters. The first kappa shape index (κ1) is 15.5. The van der Waals surface area contributed by atoms with E-state index in [0.29, 0.717) is 6.54 Å². The number of hydrogen-bond acceptors (Lipinski definition) is 3. The topological polar surface area (TPSA) is 40.4 Å². The lowest BCUT2D eigenvalue weighted by atomic mass is 10.0. The molecule has 0 aliphatic carbocycles. The van der Waals surface area contributed by atoms with Crippen LogP contribution < -0.4 is 5.32 Å². The molecule has 0 amide bonds. The molecule has 0 atom stereocenters. The molecule has 0 saturated carbocycles. The number of aromatic nitrogens is 1. The van der Waals surface area contributed by atoms with E-state index in [1.54, 1.807) is 0 Å². The first-order chi connectivity index (χ1) is 10.7. The van der Waals surface area contributed by atoms with Crippen molar-refractivity contribution in [3.8, 4) is 0 Å². The van der Waals surface area contributed by atoms with Crippen molar-refractivity contribution in [2.45, 2.75) is 26.8 Å². The lowest BCUT2D eigenvalue weighted by Crippen LogP contribution is -2.44. The van der Waals surface area contributed by atoms with Gasteiger partial charge in [-0.25, -0.2) is 0 Å². The third-order valence-corrected chi connectivity index (χ3v) is 4.64. The summed E-state index contributed by atoms with van der Waals surface area (Å²) in [6, 6.07) is 4.53. The monoisotopic (exact) mass is 301 g/mol. The fourth-order valence-corrected chi connectivity index (χ4v) is 3.60. The van der Waals surface area contributed by atoms with E-state index in [-0.39, 0.29) is 6.61 Å². The van der Waals surface area contributed by atoms with E-state index in [0.717, 1.165) is 39.1 Å².